The third kappa shape index (κ3) is 2.77. The van der Waals surface area contributed by atoms with E-state index < -0.39 is 10.0 Å². The van der Waals surface area contributed by atoms with Crippen LogP contribution in [0.2, 0.25) is 0 Å². The van der Waals surface area contributed by atoms with Crippen LogP contribution in [0.1, 0.15) is 12.5 Å². The van der Waals surface area contributed by atoms with E-state index in [4.69, 9.17) is 5.73 Å². The van der Waals surface area contributed by atoms with E-state index in [0.29, 0.717) is 5.69 Å². The lowest BCUT2D eigenvalue weighted by molar-refractivity contribution is 0.599. The first-order valence-corrected chi connectivity index (χ1v) is 7.52. The Morgan fingerprint density at radius 3 is 2.44 bits per heavy atom. The van der Waals surface area contributed by atoms with Crippen molar-refractivity contribution in [1.82, 2.24) is 10.2 Å². The lowest BCUT2D eigenvalue weighted by atomic mass is 10.2. The van der Waals surface area contributed by atoms with E-state index in [0.717, 1.165) is 23.3 Å². The summed E-state index contributed by atoms with van der Waals surface area (Å²) in [6, 6.07) is 7.15. The molecule has 1 aromatic heterocycles. The number of nitrogens with two attached hydrogens (primary N) is 1. The maximum Gasteiger partial charge on any atom is 0.291 e. The molecule has 0 spiro atoms. The van der Waals surface area contributed by atoms with Gasteiger partial charge in [0.15, 0.2) is 0 Å². The van der Waals surface area contributed by atoms with Crippen molar-refractivity contribution in [1.29, 1.82) is 0 Å². The maximum absolute atomic E-state index is 11.9. The second kappa shape index (κ2) is 4.91. The molecule has 0 amide bonds. The van der Waals surface area contributed by atoms with E-state index >= 15 is 0 Å². The number of sulfonamides is 1. The number of hydrogen-bond acceptors (Lipinski definition) is 6. The summed E-state index contributed by atoms with van der Waals surface area (Å²) in [5.74, 6) is 0. The zero-order chi connectivity index (χ0) is 13.2. The number of hydrogen-bond donors (Lipinski definition) is 2. The quantitative estimate of drug-likeness (QED) is 0.886. The maximum atomic E-state index is 11.9. The van der Waals surface area contributed by atoms with Crippen LogP contribution in [0.25, 0.3) is 0 Å². The molecule has 2 rings (SSSR count). The SMILES string of the molecule is CCc1ccc(NS(=O)(=O)c2nnc(N)s2)cc1. The van der Waals surface area contributed by atoms with Crippen LogP contribution in [0.3, 0.4) is 0 Å². The molecule has 0 aliphatic carbocycles. The topological polar surface area (TPSA) is 98.0 Å². The number of benzene rings is 1. The van der Waals surface area contributed by atoms with Crippen molar-refractivity contribution in [2.75, 3.05) is 10.5 Å². The normalized spacial score (nSPS) is 11.4. The molecule has 0 bridgehead atoms. The van der Waals surface area contributed by atoms with Crippen molar-refractivity contribution >= 4 is 32.2 Å². The molecule has 8 heteroatoms. The number of nitrogen functional groups attached to an aromatic ring is 1. The Hall–Kier alpha value is -1.67. The Bertz CT molecular complexity index is 634. The third-order valence-electron chi connectivity index (χ3n) is 2.27. The lowest BCUT2D eigenvalue weighted by Gasteiger charge is -2.05. The van der Waals surface area contributed by atoms with Crippen LogP contribution in [-0.4, -0.2) is 18.6 Å². The van der Waals surface area contributed by atoms with Crippen LogP contribution in [0.4, 0.5) is 10.8 Å². The number of aryl methyl sites for hydroxylation is 1. The summed E-state index contributed by atoms with van der Waals surface area (Å²) in [5.41, 5.74) is 6.98. The van der Waals surface area contributed by atoms with E-state index in [1.165, 1.54) is 0 Å². The second-order valence-electron chi connectivity index (χ2n) is 3.56. The van der Waals surface area contributed by atoms with Crippen LogP contribution >= 0.6 is 11.3 Å². The summed E-state index contributed by atoms with van der Waals surface area (Å²) in [6.45, 7) is 2.03. The lowest BCUT2D eigenvalue weighted by Crippen LogP contribution is -2.12. The molecule has 2 aromatic rings. The van der Waals surface area contributed by atoms with E-state index in [1.54, 1.807) is 12.1 Å². The highest BCUT2D eigenvalue weighted by molar-refractivity contribution is 7.94. The molecule has 96 valence electrons. The summed E-state index contributed by atoms with van der Waals surface area (Å²) < 4.78 is 26.1. The van der Waals surface area contributed by atoms with Gasteiger partial charge >= 0.3 is 0 Å². The van der Waals surface area contributed by atoms with E-state index in [9.17, 15) is 8.42 Å². The molecule has 1 heterocycles. The number of nitrogens with one attached hydrogen (secondary N) is 1. The number of aromatic nitrogens is 2. The van der Waals surface area contributed by atoms with Gasteiger partial charge in [-0.25, -0.2) is 0 Å². The molecule has 6 nitrogen and oxygen atoms in total. The van der Waals surface area contributed by atoms with Crippen LogP contribution < -0.4 is 10.5 Å². The average Bonchev–Trinajstić information content (AvgIpc) is 2.77. The predicted molar refractivity (Wildman–Crippen MR) is 70.9 cm³/mol. The highest BCUT2D eigenvalue weighted by Crippen LogP contribution is 2.20. The van der Waals surface area contributed by atoms with Gasteiger partial charge in [0.05, 0.1) is 0 Å². The van der Waals surface area contributed by atoms with Crippen LogP contribution in [0.5, 0.6) is 0 Å². The summed E-state index contributed by atoms with van der Waals surface area (Å²) in [6.07, 6.45) is 0.903. The average molecular weight is 284 g/mol. The summed E-state index contributed by atoms with van der Waals surface area (Å²) in [4.78, 5) is 0. The molecular weight excluding hydrogens is 272 g/mol. The van der Waals surface area contributed by atoms with Gasteiger partial charge in [-0.2, -0.15) is 8.42 Å². The van der Waals surface area contributed by atoms with Gasteiger partial charge in [-0.3, -0.25) is 4.72 Å². The zero-order valence-electron chi connectivity index (χ0n) is 9.62. The van der Waals surface area contributed by atoms with Gasteiger partial charge in [-0.1, -0.05) is 30.4 Å². The van der Waals surface area contributed by atoms with E-state index in [-0.39, 0.29) is 9.47 Å². The number of anilines is 2. The van der Waals surface area contributed by atoms with Crippen LogP contribution in [0, 0.1) is 0 Å². The zero-order valence-corrected chi connectivity index (χ0v) is 11.3. The highest BCUT2D eigenvalue weighted by Gasteiger charge is 2.19. The molecular formula is C10H12N4O2S2. The molecule has 0 unspecified atom stereocenters. The molecule has 0 fully saturated rings. The standard InChI is InChI=1S/C10H12N4O2S2/c1-2-7-3-5-8(6-4-7)14-18(15,16)10-13-12-9(11)17-10/h3-6,14H,2H2,1H3,(H2,11,12). The van der Waals surface area contributed by atoms with Gasteiger partial charge in [0.2, 0.25) is 5.13 Å². The van der Waals surface area contributed by atoms with E-state index in [1.807, 2.05) is 19.1 Å². The van der Waals surface area contributed by atoms with Gasteiger partial charge in [0.25, 0.3) is 14.4 Å². The van der Waals surface area contributed by atoms with Gasteiger partial charge < -0.3 is 5.73 Å². The van der Waals surface area contributed by atoms with Crippen molar-refractivity contribution in [3.8, 4) is 0 Å². The van der Waals surface area contributed by atoms with Crippen LogP contribution in [-0.2, 0) is 16.4 Å². The second-order valence-corrected chi connectivity index (χ2v) is 6.43. The molecule has 0 atom stereocenters. The number of nitrogens with zero attached hydrogens (tertiary/aromatic N) is 2. The molecule has 0 saturated heterocycles. The summed E-state index contributed by atoms with van der Waals surface area (Å²) >= 11 is 0.827. The fraction of sp³-hybridized carbons (Fsp3) is 0.200. The van der Waals surface area contributed by atoms with Crippen LogP contribution in [0.15, 0.2) is 28.6 Å². The first-order chi connectivity index (χ1) is 8.51. The molecule has 1 aromatic carbocycles. The molecule has 0 saturated carbocycles. The van der Waals surface area contributed by atoms with Gasteiger partial charge in [0.1, 0.15) is 0 Å². The highest BCUT2D eigenvalue weighted by atomic mass is 32.2. The fourth-order valence-corrected chi connectivity index (χ4v) is 3.18. The van der Waals surface area contributed by atoms with Crippen molar-refractivity contribution in [3.05, 3.63) is 29.8 Å². The monoisotopic (exact) mass is 284 g/mol. The van der Waals surface area contributed by atoms with Crippen molar-refractivity contribution < 1.29 is 8.42 Å². The van der Waals surface area contributed by atoms with Gasteiger partial charge in [-0.05, 0) is 24.1 Å². The van der Waals surface area contributed by atoms with E-state index in [2.05, 4.69) is 14.9 Å². The Balaban J connectivity index is 2.22. The van der Waals surface area contributed by atoms with Gasteiger partial charge in [-0.15, -0.1) is 10.2 Å². The molecule has 0 aliphatic heterocycles. The van der Waals surface area contributed by atoms with Crippen molar-refractivity contribution in [2.45, 2.75) is 17.7 Å². The Morgan fingerprint density at radius 2 is 1.94 bits per heavy atom. The number of rotatable bonds is 4. The minimum atomic E-state index is -3.70. The minimum Gasteiger partial charge on any atom is -0.374 e. The molecule has 0 aliphatic rings. The largest absolute Gasteiger partial charge is 0.374 e. The van der Waals surface area contributed by atoms with Gasteiger partial charge in [0, 0.05) is 5.69 Å². The Kier molecular flexibility index (Phi) is 3.48. The smallest absolute Gasteiger partial charge is 0.291 e. The first kappa shape index (κ1) is 12.8. The predicted octanol–water partition coefficient (Wildman–Crippen LogP) is 1.48. The fourth-order valence-electron chi connectivity index (χ4n) is 1.34. The molecule has 0 radical (unpaired) electrons. The third-order valence-corrected chi connectivity index (χ3v) is 4.77. The Morgan fingerprint density at radius 1 is 1.28 bits per heavy atom. The molecule has 3 N–H and O–H groups in total. The summed E-state index contributed by atoms with van der Waals surface area (Å²) in [7, 11) is -3.70. The molecule has 18 heavy (non-hydrogen) atoms. The van der Waals surface area contributed by atoms with Crippen molar-refractivity contribution in [3.63, 3.8) is 0 Å². The Labute approximate surface area is 109 Å². The summed E-state index contributed by atoms with van der Waals surface area (Å²) in [5, 5.41) is 7.11. The first-order valence-electron chi connectivity index (χ1n) is 5.22. The minimum absolute atomic E-state index is 0.122. The van der Waals surface area contributed by atoms with Crippen molar-refractivity contribution in [2.24, 2.45) is 0 Å².